The highest BCUT2D eigenvalue weighted by Crippen LogP contribution is 2.15. The minimum absolute atomic E-state index is 0.198. The number of aryl methyl sites for hydroxylation is 1. The lowest BCUT2D eigenvalue weighted by Gasteiger charge is -2.17. The molecule has 2 aromatic rings. The molecule has 0 unspecified atom stereocenters. The van der Waals surface area contributed by atoms with Crippen LogP contribution in [0.3, 0.4) is 0 Å². The van der Waals surface area contributed by atoms with E-state index in [-0.39, 0.29) is 11.8 Å². The van der Waals surface area contributed by atoms with Crippen molar-refractivity contribution >= 4 is 6.03 Å². The van der Waals surface area contributed by atoms with Crippen LogP contribution in [0.5, 0.6) is 0 Å². The molecule has 1 N–H and O–H groups in total. The summed E-state index contributed by atoms with van der Waals surface area (Å²) in [5, 5.41) is 11.1. The topological polar surface area (TPSA) is 63.1 Å². The summed E-state index contributed by atoms with van der Waals surface area (Å²) >= 11 is 0. The summed E-state index contributed by atoms with van der Waals surface area (Å²) in [4.78, 5) is 13.7. The highest BCUT2D eigenvalue weighted by molar-refractivity contribution is 5.73. The number of fused-ring (bicyclic) bond motifs is 1. The third-order valence-electron chi connectivity index (χ3n) is 4.04. The summed E-state index contributed by atoms with van der Waals surface area (Å²) in [6.07, 6.45) is 2.49. The van der Waals surface area contributed by atoms with Gasteiger partial charge in [-0.3, -0.25) is 0 Å². The van der Waals surface area contributed by atoms with Gasteiger partial charge in [0.15, 0.2) is 5.82 Å². The normalized spacial score (nSPS) is 13.0. The number of rotatable bonds is 5. The Kier molecular flexibility index (Phi) is 4.55. The van der Waals surface area contributed by atoms with Crippen molar-refractivity contribution < 1.29 is 9.18 Å². The fourth-order valence-electron chi connectivity index (χ4n) is 2.75. The van der Waals surface area contributed by atoms with Crippen LogP contribution in [0.15, 0.2) is 24.3 Å². The van der Waals surface area contributed by atoms with Crippen molar-refractivity contribution in [2.75, 3.05) is 13.6 Å². The van der Waals surface area contributed by atoms with Gasteiger partial charge in [-0.2, -0.15) is 0 Å². The van der Waals surface area contributed by atoms with Crippen LogP contribution in [0.25, 0.3) is 0 Å². The second-order valence-electron chi connectivity index (χ2n) is 5.72. The van der Waals surface area contributed by atoms with Crippen molar-refractivity contribution in [1.29, 1.82) is 0 Å². The molecule has 122 valence electrons. The van der Waals surface area contributed by atoms with Gasteiger partial charge in [-0.05, 0) is 24.5 Å². The first-order valence-corrected chi connectivity index (χ1v) is 7.78. The summed E-state index contributed by atoms with van der Waals surface area (Å²) in [7, 11) is 1.72. The van der Waals surface area contributed by atoms with Gasteiger partial charge in [-0.25, -0.2) is 9.18 Å². The molecule has 1 aliphatic heterocycles. The van der Waals surface area contributed by atoms with Crippen molar-refractivity contribution in [3.8, 4) is 0 Å². The summed E-state index contributed by atoms with van der Waals surface area (Å²) < 4.78 is 15.6. The second kappa shape index (κ2) is 6.76. The smallest absolute Gasteiger partial charge is 0.317 e. The molecule has 0 radical (unpaired) electrons. The Labute approximate surface area is 134 Å². The molecule has 1 aromatic heterocycles. The van der Waals surface area contributed by atoms with Crippen molar-refractivity contribution in [3.05, 3.63) is 47.3 Å². The van der Waals surface area contributed by atoms with E-state index >= 15 is 0 Å². The second-order valence-corrected chi connectivity index (χ2v) is 5.72. The van der Waals surface area contributed by atoms with Crippen LogP contribution in [-0.2, 0) is 25.9 Å². The maximum atomic E-state index is 13.5. The van der Waals surface area contributed by atoms with Gasteiger partial charge in [0.05, 0.1) is 6.54 Å². The monoisotopic (exact) mass is 317 g/mol. The summed E-state index contributed by atoms with van der Waals surface area (Å²) in [6, 6.07) is 6.40. The first kappa shape index (κ1) is 15.5. The highest BCUT2D eigenvalue weighted by atomic mass is 19.1. The molecule has 0 aliphatic carbocycles. The Morgan fingerprint density at radius 3 is 3.04 bits per heavy atom. The summed E-state index contributed by atoms with van der Waals surface area (Å²) in [5.41, 5.74) is 0.603. The SMILES string of the molecule is CN(Cc1nnc2n1CCC2)C(=O)NCCc1ccccc1F. The van der Waals surface area contributed by atoms with Gasteiger partial charge >= 0.3 is 6.03 Å². The molecular formula is C16H20FN5O. The fraction of sp³-hybridized carbons (Fsp3) is 0.438. The Morgan fingerprint density at radius 1 is 1.39 bits per heavy atom. The van der Waals surface area contributed by atoms with Crippen molar-refractivity contribution in [2.24, 2.45) is 0 Å². The number of nitrogens with one attached hydrogen (secondary N) is 1. The first-order chi connectivity index (χ1) is 11.1. The maximum Gasteiger partial charge on any atom is 0.317 e. The van der Waals surface area contributed by atoms with E-state index in [4.69, 9.17) is 0 Å². The Balaban J connectivity index is 1.49. The van der Waals surface area contributed by atoms with Gasteiger partial charge in [-0.15, -0.1) is 10.2 Å². The number of carbonyl (C=O) groups is 1. The first-order valence-electron chi connectivity index (χ1n) is 7.78. The average Bonchev–Trinajstić information content (AvgIpc) is 3.14. The van der Waals surface area contributed by atoms with E-state index in [1.807, 2.05) is 0 Å². The number of aromatic nitrogens is 3. The number of benzene rings is 1. The number of hydrogen-bond donors (Lipinski definition) is 1. The molecule has 0 atom stereocenters. The molecular weight excluding hydrogens is 297 g/mol. The third kappa shape index (κ3) is 3.49. The number of hydrogen-bond acceptors (Lipinski definition) is 3. The highest BCUT2D eigenvalue weighted by Gasteiger charge is 2.19. The van der Waals surface area contributed by atoms with Crippen molar-refractivity contribution in [2.45, 2.75) is 32.4 Å². The molecule has 2 amide bonds. The standard InChI is InChI=1S/C16H20FN5O/c1-21(11-15-20-19-14-7-4-10-22(14)15)16(23)18-9-8-12-5-2-3-6-13(12)17/h2-3,5-6H,4,7-11H2,1H3,(H,18,23). The van der Waals surface area contributed by atoms with Gasteiger partial charge in [0.1, 0.15) is 11.6 Å². The minimum Gasteiger partial charge on any atom is -0.338 e. The van der Waals surface area contributed by atoms with Crippen LogP contribution in [0, 0.1) is 5.82 Å². The van der Waals surface area contributed by atoms with E-state index in [1.165, 1.54) is 6.07 Å². The van der Waals surface area contributed by atoms with Gasteiger partial charge in [0, 0.05) is 26.6 Å². The van der Waals surface area contributed by atoms with E-state index < -0.39 is 0 Å². The molecule has 23 heavy (non-hydrogen) atoms. The molecule has 0 spiro atoms. The zero-order valence-electron chi connectivity index (χ0n) is 13.1. The fourth-order valence-corrected chi connectivity index (χ4v) is 2.75. The van der Waals surface area contributed by atoms with Gasteiger partial charge in [0.2, 0.25) is 0 Å². The number of amides is 2. The van der Waals surface area contributed by atoms with E-state index in [9.17, 15) is 9.18 Å². The predicted molar refractivity (Wildman–Crippen MR) is 83.3 cm³/mol. The molecule has 6 nitrogen and oxygen atoms in total. The van der Waals surface area contributed by atoms with Crippen molar-refractivity contribution in [3.63, 3.8) is 0 Å². The number of halogens is 1. The molecule has 1 aliphatic rings. The average molecular weight is 317 g/mol. The molecule has 0 bridgehead atoms. The minimum atomic E-state index is -0.242. The Hall–Kier alpha value is -2.44. The van der Waals surface area contributed by atoms with Crippen LogP contribution in [0.1, 0.15) is 23.6 Å². The number of nitrogens with zero attached hydrogens (tertiary/aromatic N) is 4. The maximum absolute atomic E-state index is 13.5. The van der Waals surface area contributed by atoms with Crippen LogP contribution in [-0.4, -0.2) is 39.3 Å². The molecule has 0 saturated carbocycles. The van der Waals surface area contributed by atoms with Crippen LogP contribution in [0.2, 0.25) is 0 Å². The zero-order valence-corrected chi connectivity index (χ0v) is 13.1. The van der Waals surface area contributed by atoms with Crippen LogP contribution >= 0.6 is 0 Å². The van der Waals surface area contributed by atoms with Gasteiger partial charge in [-0.1, -0.05) is 18.2 Å². The van der Waals surface area contributed by atoms with Gasteiger partial charge < -0.3 is 14.8 Å². The van der Waals surface area contributed by atoms with Crippen LogP contribution < -0.4 is 5.32 Å². The molecule has 3 rings (SSSR count). The lowest BCUT2D eigenvalue weighted by Crippen LogP contribution is -2.38. The summed E-state index contributed by atoms with van der Waals surface area (Å²) in [6.45, 7) is 1.72. The van der Waals surface area contributed by atoms with Gasteiger partial charge in [0.25, 0.3) is 0 Å². The number of urea groups is 1. The largest absolute Gasteiger partial charge is 0.338 e. The lowest BCUT2D eigenvalue weighted by atomic mass is 10.1. The van der Waals surface area contributed by atoms with E-state index in [1.54, 1.807) is 30.1 Å². The zero-order chi connectivity index (χ0) is 16.2. The van der Waals surface area contributed by atoms with Crippen molar-refractivity contribution in [1.82, 2.24) is 25.0 Å². The third-order valence-corrected chi connectivity index (χ3v) is 4.04. The van der Waals surface area contributed by atoms with E-state index in [0.717, 1.165) is 31.0 Å². The van der Waals surface area contributed by atoms with E-state index in [0.29, 0.717) is 25.1 Å². The Morgan fingerprint density at radius 2 is 2.22 bits per heavy atom. The quantitative estimate of drug-likeness (QED) is 0.914. The lowest BCUT2D eigenvalue weighted by molar-refractivity contribution is 0.205. The molecule has 2 heterocycles. The molecule has 1 aromatic carbocycles. The Bertz CT molecular complexity index is 700. The summed E-state index contributed by atoms with van der Waals surface area (Å²) in [5.74, 6) is 1.56. The number of carbonyl (C=O) groups excluding carboxylic acids is 1. The van der Waals surface area contributed by atoms with E-state index in [2.05, 4.69) is 20.1 Å². The van der Waals surface area contributed by atoms with Crippen LogP contribution in [0.4, 0.5) is 9.18 Å². The molecule has 0 fully saturated rings. The molecule has 7 heteroatoms. The molecule has 0 saturated heterocycles. The predicted octanol–water partition coefficient (Wildman–Crippen LogP) is 1.75.